The van der Waals surface area contributed by atoms with E-state index in [1.54, 1.807) is 11.0 Å². The van der Waals surface area contributed by atoms with E-state index >= 15 is 0 Å². The zero-order chi connectivity index (χ0) is 36.4. The van der Waals surface area contributed by atoms with E-state index in [-0.39, 0.29) is 17.8 Å². The lowest BCUT2D eigenvalue weighted by Crippen LogP contribution is -2.70. The number of alkyl halides is 2. The molecule has 5 heterocycles. The van der Waals surface area contributed by atoms with Crippen LogP contribution in [0.5, 0.6) is 5.75 Å². The first-order valence-electron chi connectivity index (χ1n) is 17.9. The van der Waals surface area contributed by atoms with Gasteiger partial charge in [0.15, 0.2) is 11.2 Å². The fourth-order valence-electron chi connectivity index (χ4n) is 8.18. The van der Waals surface area contributed by atoms with Gasteiger partial charge in [0.05, 0.1) is 18.8 Å². The van der Waals surface area contributed by atoms with Crippen molar-refractivity contribution in [2.45, 2.75) is 64.4 Å². The highest BCUT2D eigenvalue weighted by Gasteiger charge is 2.50. The number of hydrogen-bond donors (Lipinski definition) is 1. The van der Waals surface area contributed by atoms with E-state index in [1.165, 1.54) is 18.1 Å². The normalized spacial score (nSPS) is 18.6. The van der Waals surface area contributed by atoms with Gasteiger partial charge in [-0.2, -0.15) is 8.78 Å². The van der Waals surface area contributed by atoms with Crippen LogP contribution in [0.15, 0.2) is 75.6 Å². The van der Waals surface area contributed by atoms with E-state index in [0.717, 1.165) is 70.8 Å². The summed E-state index contributed by atoms with van der Waals surface area (Å²) >= 11 is 0. The quantitative estimate of drug-likeness (QED) is 0.149. The minimum Gasteiger partial charge on any atom is -0.480 e. The summed E-state index contributed by atoms with van der Waals surface area (Å²) < 4.78 is 49.8. The van der Waals surface area contributed by atoms with Crippen molar-refractivity contribution in [2.24, 2.45) is 0 Å². The van der Waals surface area contributed by atoms with Crippen LogP contribution in [0.4, 0.5) is 8.78 Å². The number of carboxylic acids is 1. The van der Waals surface area contributed by atoms with Gasteiger partial charge in [0, 0.05) is 42.4 Å². The average Bonchev–Trinajstić information content (AvgIpc) is 3.84. The van der Waals surface area contributed by atoms with Crippen molar-refractivity contribution >= 4 is 28.2 Å². The summed E-state index contributed by atoms with van der Waals surface area (Å²) in [5.41, 5.74) is 9.70. The predicted molar refractivity (Wildman–Crippen MR) is 194 cm³/mol. The zero-order valence-electron chi connectivity index (χ0n) is 29.4. The van der Waals surface area contributed by atoms with E-state index in [2.05, 4.69) is 30.0 Å². The Morgan fingerprint density at radius 2 is 1.55 bits per heavy atom. The maximum Gasteiger partial charge on any atom is 0.387 e. The lowest BCUT2D eigenvalue weighted by Gasteiger charge is -2.57. The first-order chi connectivity index (χ1) is 25.7. The predicted octanol–water partition coefficient (Wildman–Crippen LogP) is 8.21. The molecular weight excluding hydrogens is 682 g/mol. The maximum absolute atomic E-state index is 13.5. The Labute approximate surface area is 303 Å². The van der Waals surface area contributed by atoms with E-state index in [4.69, 9.17) is 28.3 Å². The summed E-state index contributed by atoms with van der Waals surface area (Å²) in [6.45, 7) is 5.25. The van der Waals surface area contributed by atoms with Crippen LogP contribution in [0.3, 0.4) is 0 Å². The molecule has 12 heteroatoms. The van der Waals surface area contributed by atoms with Crippen molar-refractivity contribution in [3.8, 4) is 39.8 Å². The Morgan fingerprint density at radius 1 is 0.887 bits per heavy atom. The molecule has 0 saturated carbocycles. The van der Waals surface area contributed by atoms with Crippen molar-refractivity contribution in [1.29, 1.82) is 0 Å². The number of oxazole rings is 2. The molecule has 0 amide bonds. The van der Waals surface area contributed by atoms with Gasteiger partial charge in [-0.25, -0.2) is 9.97 Å². The van der Waals surface area contributed by atoms with Gasteiger partial charge >= 0.3 is 12.6 Å². The average molecular weight is 721 g/mol. The molecule has 3 aliphatic heterocycles. The zero-order valence-corrected chi connectivity index (χ0v) is 29.4. The molecule has 1 spiro atoms. The molecule has 3 saturated heterocycles. The number of aliphatic carboxylic acids is 1. The number of fused-ring (bicyclic) bond motifs is 2. The summed E-state index contributed by atoms with van der Waals surface area (Å²) in [5.74, 6) is -0.106. The highest BCUT2D eigenvalue weighted by atomic mass is 19.3. The second-order valence-electron chi connectivity index (χ2n) is 14.5. The Kier molecular flexibility index (Phi) is 8.28. The second kappa shape index (κ2) is 13.0. The van der Waals surface area contributed by atoms with Gasteiger partial charge in [0.25, 0.3) is 0 Å². The minimum atomic E-state index is -3.06. The number of likely N-dealkylation sites (tertiary alicyclic amines) is 2. The minimum absolute atomic E-state index is 0.0622. The van der Waals surface area contributed by atoms with Crippen LogP contribution < -0.4 is 4.74 Å². The molecule has 4 aromatic carbocycles. The smallest absolute Gasteiger partial charge is 0.387 e. The van der Waals surface area contributed by atoms with Gasteiger partial charge in [0.1, 0.15) is 22.8 Å². The molecule has 53 heavy (non-hydrogen) atoms. The fourth-order valence-corrected chi connectivity index (χ4v) is 8.18. The van der Waals surface area contributed by atoms with Crippen molar-refractivity contribution < 1.29 is 37.0 Å². The molecule has 272 valence electrons. The van der Waals surface area contributed by atoms with E-state index in [9.17, 15) is 18.7 Å². The number of benzene rings is 4. The highest BCUT2D eigenvalue weighted by molar-refractivity contribution is 5.85. The summed E-state index contributed by atoms with van der Waals surface area (Å²) in [7, 11) is 0. The third-order valence-corrected chi connectivity index (χ3v) is 11.3. The number of rotatable bonds is 10. The molecule has 3 fully saturated rings. The lowest BCUT2D eigenvalue weighted by molar-refractivity contribution is -0.195. The molecule has 10 nitrogen and oxygen atoms in total. The molecule has 0 unspecified atom stereocenters. The van der Waals surface area contributed by atoms with Crippen LogP contribution in [0.2, 0.25) is 0 Å². The number of nitrogens with zero attached hydrogens (tertiary/aromatic N) is 4. The molecule has 9 rings (SSSR count). The topological polar surface area (TPSA) is 114 Å². The Bertz CT molecular complexity index is 2380. The summed E-state index contributed by atoms with van der Waals surface area (Å²) in [6, 6.07) is 20.6. The van der Waals surface area contributed by atoms with Gasteiger partial charge in [-0.15, -0.1) is 0 Å². The molecule has 2 aromatic heterocycles. The number of carbonyl (C=O) groups is 1. The molecule has 0 aliphatic carbocycles. The highest BCUT2D eigenvalue weighted by Crippen LogP contribution is 2.41. The van der Waals surface area contributed by atoms with E-state index in [0.29, 0.717) is 47.8 Å². The van der Waals surface area contributed by atoms with E-state index < -0.39 is 18.6 Å². The fraction of sp³-hybridized carbons (Fsp3) is 0.341. The third kappa shape index (κ3) is 5.94. The standard InChI is InChI=1S/C41H38F2N4O6/c1-23-27(6-3-8-29(23)37-44-31-16-25(11-12-34(31)51-37)19-47-15-13-41(47)21-50-22-41)28-7-4-9-30(24(28)2)38-45-32-17-26(20-46-14-5-10-33(46)39(48)49)35(53-40(42)43)18-36(32)52-38/h3-4,6-9,11-12,16-18,33,40H,5,10,13-15,19-22H2,1-2H3,(H,48,49)/t33-/m0/s1. The van der Waals surface area contributed by atoms with Crippen molar-refractivity contribution in [3.05, 3.63) is 89.0 Å². The van der Waals surface area contributed by atoms with Gasteiger partial charge < -0.3 is 23.4 Å². The molecule has 1 N–H and O–H groups in total. The second-order valence-corrected chi connectivity index (χ2v) is 14.5. The molecule has 1 atom stereocenters. The van der Waals surface area contributed by atoms with Gasteiger partial charge in [-0.3, -0.25) is 14.6 Å². The maximum atomic E-state index is 13.5. The largest absolute Gasteiger partial charge is 0.480 e. The number of aromatic nitrogens is 2. The lowest BCUT2D eigenvalue weighted by atomic mass is 9.82. The molecule has 0 radical (unpaired) electrons. The number of carboxylic acid groups (broad SMARTS) is 1. The Hall–Kier alpha value is -5.17. The monoisotopic (exact) mass is 720 g/mol. The van der Waals surface area contributed by atoms with Crippen molar-refractivity contribution in [3.63, 3.8) is 0 Å². The van der Waals surface area contributed by atoms with Crippen molar-refractivity contribution in [2.75, 3.05) is 26.3 Å². The van der Waals surface area contributed by atoms with Crippen LogP contribution in [0, 0.1) is 13.8 Å². The van der Waals surface area contributed by atoms with Crippen LogP contribution in [0.1, 0.15) is 41.5 Å². The van der Waals surface area contributed by atoms with Gasteiger partial charge in [0.2, 0.25) is 11.8 Å². The number of ether oxygens (including phenoxy) is 2. The summed E-state index contributed by atoms with van der Waals surface area (Å²) in [4.78, 5) is 25.7. The van der Waals surface area contributed by atoms with Gasteiger partial charge in [-0.1, -0.05) is 30.3 Å². The number of halogens is 2. The molecule has 3 aliphatic rings. The molecule has 0 bridgehead atoms. The summed E-state index contributed by atoms with van der Waals surface area (Å²) in [5, 5.41) is 9.66. The Morgan fingerprint density at radius 3 is 2.15 bits per heavy atom. The van der Waals surface area contributed by atoms with E-state index in [1.807, 2.05) is 43.3 Å². The number of hydrogen-bond acceptors (Lipinski definition) is 9. The van der Waals surface area contributed by atoms with Gasteiger partial charge in [-0.05, 0) is 97.8 Å². The van der Waals surface area contributed by atoms with Crippen molar-refractivity contribution in [1.82, 2.24) is 19.8 Å². The molecular formula is C41H38F2N4O6. The van der Waals surface area contributed by atoms with Crippen LogP contribution in [-0.4, -0.2) is 75.3 Å². The van der Waals surface area contributed by atoms with Crippen LogP contribution in [0.25, 0.3) is 56.2 Å². The van der Waals surface area contributed by atoms with Crippen LogP contribution >= 0.6 is 0 Å². The molecule has 6 aromatic rings. The first-order valence-corrected chi connectivity index (χ1v) is 17.9. The summed E-state index contributed by atoms with van der Waals surface area (Å²) in [6.07, 6.45) is 2.40. The van der Waals surface area contributed by atoms with Crippen LogP contribution in [-0.2, 0) is 22.6 Å². The SMILES string of the molecule is Cc1c(-c2nc3cc(CN4CCC45COC5)ccc3o2)cccc1-c1cccc(-c2nc3cc(CN4CCC[C@H]4C(=O)O)c(OC(F)F)cc3o2)c1C. The Balaban J connectivity index is 1.02. The third-order valence-electron chi connectivity index (χ3n) is 11.3. The first kappa shape index (κ1) is 33.7.